The maximum absolute atomic E-state index is 4.41. The van der Waals surface area contributed by atoms with E-state index in [-0.39, 0.29) is 24.0 Å². The molecule has 24 heavy (non-hydrogen) atoms. The normalized spacial score (nSPS) is 19.0. The molecular formula is C17H31BrIN5. The van der Waals surface area contributed by atoms with Crippen LogP contribution < -0.4 is 5.32 Å². The van der Waals surface area contributed by atoms with E-state index in [2.05, 4.69) is 73.9 Å². The fraction of sp³-hybridized carbons (Fsp3) is 0.706. The molecule has 0 amide bonds. The van der Waals surface area contributed by atoms with Crippen LogP contribution in [0.15, 0.2) is 21.7 Å². The van der Waals surface area contributed by atoms with Crippen molar-refractivity contribution in [1.29, 1.82) is 0 Å². The highest BCUT2D eigenvalue weighted by Crippen LogP contribution is 2.16. The van der Waals surface area contributed by atoms with Gasteiger partial charge in [0.1, 0.15) is 0 Å². The fourth-order valence-electron chi connectivity index (χ4n) is 3.23. The van der Waals surface area contributed by atoms with Gasteiger partial charge in [-0.15, -0.1) is 24.0 Å². The van der Waals surface area contributed by atoms with E-state index < -0.39 is 0 Å². The van der Waals surface area contributed by atoms with Crippen molar-refractivity contribution in [3.63, 3.8) is 0 Å². The van der Waals surface area contributed by atoms with E-state index in [9.17, 15) is 0 Å². The molecule has 1 N–H and O–H groups in total. The number of likely N-dealkylation sites (tertiary alicyclic amines) is 1. The van der Waals surface area contributed by atoms with Gasteiger partial charge < -0.3 is 14.8 Å². The van der Waals surface area contributed by atoms with Gasteiger partial charge in [-0.05, 0) is 48.3 Å². The maximum Gasteiger partial charge on any atom is 0.193 e. The Bertz CT molecular complexity index is 531. The molecule has 1 unspecified atom stereocenters. The lowest BCUT2D eigenvalue weighted by molar-refractivity contribution is 0.163. The van der Waals surface area contributed by atoms with Crippen LogP contribution in [0.1, 0.15) is 31.9 Å². The van der Waals surface area contributed by atoms with Crippen LogP contribution in [0.3, 0.4) is 0 Å². The number of aromatic nitrogens is 1. The van der Waals surface area contributed by atoms with Gasteiger partial charge in [0.15, 0.2) is 5.96 Å². The van der Waals surface area contributed by atoms with Crippen LogP contribution in [-0.2, 0) is 13.6 Å². The van der Waals surface area contributed by atoms with Crippen molar-refractivity contribution >= 4 is 45.9 Å². The van der Waals surface area contributed by atoms with Gasteiger partial charge in [-0.2, -0.15) is 0 Å². The zero-order valence-corrected chi connectivity index (χ0v) is 19.2. The first kappa shape index (κ1) is 21.8. The molecule has 5 nitrogen and oxygen atoms in total. The van der Waals surface area contributed by atoms with E-state index in [1.165, 1.54) is 31.5 Å². The second kappa shape index (κ2) is 10.7. The molecule has 1 aromatic heterocycles. The number of hydrogen-bond donors (Lipinski definition) is 1. The number of guanidine groups is 1. The molecule has 0 radical (unpaired) electrons. The Morgan fingerprint density at radius 1 is 1.46 bits per heavy atom. The second-order valence-electron chi connectivity index (χ2n) is 6.47. The van der Waals surface area contributed by atoms with E-state index in [1.54, 1.807) is 0 Å². The molecule has 1 saturated heterocycles. The number of hydrogen-bond acceptors (Lipinski definition) is 2. The first-order chi connectivity index (χ1) is 11.0. The lowest BCUT2D eigenvalue weighted by Crippen LogP contribution is -2.45. The lowest BCUT2D eigenvalue weighted by Gasteiger charge is -2.33. The van der Waals surface area contributed by atoms with Crippen LogP contribution in [0.25, 0.3) is 0 Å². The molecule has 0 aliphatic carbocycles. The molecule has 2 heterocycles. The molecule has 2 rings (SSSR count). The second-order valence-corrected chi connectivity index (χ2v) is 7.39. The minimum atomic E-state index is 0. The molecule has 138 valence electrons. The standard InChI is InChI=1S/C17H30BrN5.HI/c1-14-7-5-6-9-23(14)10-8-20-17(19-2)22(4)13-16-11-15(18)12-21(16)3;/h11-12,14H,5-10,13H2,1-4H3,(H,19,20);1H. The quantitative estimate of drug-likeness (QED) is 0.374. The summed E-state index contributed by atoms with van der Waals surface area (Å²) in [5.41, 5.74) is 1.26. The van der Waals surface area contributed by atoms with Gasteiger partial charge in [0.2, 0.25) is 0 Å². The van der Waals surface area contributed by atoms with Crippen LogP contribution in [-0.4, -0.2) is 60.1 Å². The van der Waals surface area contributed by atoms with Crippen molar-refractivity contribution in [3.05, 3.63) is 22.4 Å². The molecule has 1 fully saturated rings. The number of piperidine rings is 1. The average molecular weight is 512 g/mol. The van der Waals surface area contributed by atoms with E-state index in [0.717, 1.165) is 30.1 Å². The summed E-state index contributed by atoms with van der Waals surface area (Å²) in [6.07, 6.45) is 6.12. The third-order valence-corrected chi connectivity index (χ3v) is 5.10. The van der Waals surface area contributed by atoms with E-state index >= 15 is 0 Å². The van der Waals surface area contributed by atoms with Crippen molar-refractivity contribution in [1.82, 2.24) is 19.7 Å². The fourth-order valence-corrected chi connectivity index (χ4v) is 3.80. The van der Waals surface area contributed by atoms with Crippen molar-refractivity contribution in [2.75, 3.05) is 33.7 Å². The molecule has 1 aliphatic heterocycles. The number of nitrogens with one attached hydrogen (secondary N) is 1. The van der Waals surface area contributed by atoms with E-state index in [4.69, 9.17) is 0 Å². The van der Waals surface area contributed by atoms with Crippen LogP contribution in [0.2, 0.25) is 0 Å². The van der Waals surface area contributed by atoms with Crippen LogP contribution in [0, 0.1) is 0 Å². The largest absolute Gasteiger partial charge is 0.355 e. The van der Waals surface area contributed by atoms with Gasteiger partial charge in [-0.25, -0.2) is 0 Å². The summed E-state index contributed by atoms with van der Waals surface area (Å²) >= 11 is 3.53. The van der Waals surface area contributed by atoms with Crippen LogP contribution in [0.4, 0.5) is 0 Å². The smallest absolute Gasteiger partial charge is 0.193 e. The summed E-state index contributed by atoms with van der Waals surface area (Å²) in [5.74, 6) is 0.951. The van der Waals surface area contributed by atoms with E-state index in [1.807, 2.05) is 7.05 Å². The maximum atomic E-state index is 4.41. The predicted octanol–water partition coefficient (Wildman–Crippen LogP) is 3.29. The summed E-state index contributed by atoms with van der Waals surface area (Å²) in [6.45, 7) is 6.44. The monoisotopic (exact) mass is 511 g/mol. The molecule has 1 atom stereocenters. The Labute approximate surface area is 172 Å². The zero-order chi connectivity index (χ0) is 16.8. The highest BCUT2D eigenvalue weighted by molar-refractivity contribution is 14.0. The first-order valence-electron chi connectivity index (χ1n) is 8.48. The van der Waals surface area contributed by atoms with Gasteiger partial charge in [-0.1, -0.05) is 6.42 Å². The number of halogens is 2. The molecule has 1 aliphatic rings. The predicted molar refractivity (Wildman–Crippen MR) is 116 cm³/mol. The highest BCUT2D eigenvalue weighted by atomic mass is 127. The summed E-state index contributed by atoms with van der Waals surface area (Å²) in [4.78, 5) is 9.16. The van der Waals surface area contributed by atoms with Gasteiger partial charge >= 0.3 is 0 Å². The Hall–Kier alpha value is -0.280. The molecule has 7 heteroatoms. The van der Waals surface area contributed by atoms with Gasteiger partial charge in [-0.3, -0.25) is 9.89 Å². The zero-order valence-electron chi connectivity index (χ0n) is 15.3. The average Bonchev–Trinajstić information content (AvgIpc) is 2.83. The van der Waals surface area contributed by atoms with Crippen molar-refractivity contribution in [3.8, 4) is 0 Å². The molecule has 0 saturated carbocycles. The molecule has 0 bridgehead atoms. The third kappa shape index (κ3) is 6.22. The number of rotatable bonds is 5. The Morgan fingerprint density at radius 2 is 2.21 bits per heavy atom. The number of aryl methyl sites for hydroxylation is 1. The summed E-state index contributed by atoms with van der Waals surface area (Å²) < 4.78 is 3.26. The van der Waals surface area contributed by atoms with E-state index in [0.29, 0.717) is 6.04 Å². The molecule has 0 aromatic carbocycles. The Morgan fingerprint density at radius 3 is 2.79 bits per heavy atom. The van der Waals surface area contributed by atoms with Crippen molar-refractivity contribution < 1.29 is 0 Å². The Kier molecular flexibility index (Phi) is 9.66. The minimum absolute atomic E-state index is 0. The number of aliphatic imine (C=N–C) groups is 1. The van der Waals surface area contributed by atoms with Gasteiger partial charge in [0, 0.05) is 56.6 Å². The van der Waals surface area contributed by atoms with Gasteiger partial charge in [0.05, 0.1) is 6.54 Å². The van der Waals surface area contributed by atoms with Crippen LogP contribution in [0.5, 0.6) is 0 Å². The summed E-state index contributed by atoms with van der Waals surface area (Å²) in [5, 5.41) is 3.50. The molecular weight excluding hydrogens is 481 g/mol. The van der Waals surface area contributed by atoms with Crippen LogP contribution >= 0.6 is 39.9 Å². The third-order valence-electron chi connectivity index (χ3n) is 4.67. The lowest BCUT2D eigenvalue weighted by atomic mass is 10.0. The van der Waals surface area contributed by atoms with Crippen molar-refractivity contribution in [2.24, 2.45) is 12.0 Å². The highest BCUT2D eigenvalue weighted by Gasteiger charge is 2.17. The van der Waals surface area contributed by atoms with Crippen molar-refractivity contribution in [2.45, 2.75) is 38.8 Å². The summed E-state index contributed by atoms with van der Waals surface area (Å²) in [6, 6.07) is 2.87. The number of nitrogens with zero attached hydrogens (tertiary/aromatic N) is 4. The minimum Gasteiger partial charge on any atom is -0.355 e. The Balaban J connectivity index is 0.00000288. The summed E-state index contributed by atoms with van der Waals surface area (Å²) in [7, 11) is 6.00. The van der Waals surface area contributed by atoms with Gasteiger partial charge in [0.25, 0.3) is 0 Å². The first-order valence-corrected chi connectivity index (χ1v) is 9.27. The molecule has 1 aromatic rings. The topological polar surface area (TPSA) is 35.8 Å². The molecule has 0 spiro atoms. The SMILES string of the molecule is CN=C(NCCN1CCCCC1C)N(C)Cc1cc(Br)cn1C.I.